The number of carbonyl (C=O) groups excluding carboxylic acids is 1. The maximum atomic E-state index is 12.2. The van der Waals surface area contributed by atoms with Gasteiger partial charge in [0.1, 0.15) is 5.75 Å². The lowest BCUT2D eigenvalue weighted by Crippen LogP contribution is -2.47. The van der Waals surface area contributed by atoms with Crippen LogP contribution in [0.2, 0.25) is 0 Å². The van der Waals surface area contributed by atoms with Gasteiger partial charge in [-0.1, -0.05) is 6.07 Å². The monoisotopic (exact) mass is 294 g/mol. The summed E-state index contributed by atoms with van der Waals surface area (Å²) in [6.07, 6.45) is 2.17. The number of rotatable bonds is 6. The molecule has 1 aliphatic rings. The van der Waals surface area contributed by atoms with Gasteiger partial charge in [-0.25, -0.2) is 0 Å². The first-order valence-electron chi connectivity index (χ1n) is 6.87. The van der Waals surface area contributed by atoms with Gasteiger partial charge in [0.05, 0.1) is 17.1 Å². The summed E-state index contributed by atoms with van der Waals surface area (Å²) in [5.74, 6) is -0.434. The molecule has 1 aromatic rings. The highest BCUT2D eigenvalue weighted by atomic mass is 16.6. The molecule has 21 heavy (non-hydrogen) atoms. The van der Waals surface area contributed by atoms with Crippen molar-refractivity contribution in [1.82, 2.24) is 5.32 Å². The third kappa shape index (κ3) is 3.30. The molecular formula is C14H18N2O5. The lowest BCUT2D eigenvalue weighted by atomic mass is 9.80. The molecule has 0 atom stereocenters. The normalized spacial score (nSPS) is 15.9. The van der Waals surface area contributed by atoms with E-state index in [-0.39, 0.29) is 23.5 Å². The molecule has 0 spiro atoms. The number of carbonyl (C=O) groups is 1. The number of nitro groups is 1. The van der Waals surface area contributed by atoms with Crippen LogP contribution in [0.25, 0.3) is 0 Å². The third-order valence-corrected chi connectivity index (χ3v) is 3.59. The van der Waals surface area contributed by atoms with Gasteiger partial charge < -0.3 is 15.2 Å². The van der Waals surface area contributed by atoms with E-state index in [1.807, 2.05) is 0 Å². The topological polar surface area (TPSA) is 102 Å². The van der Waals surface area contributed by atoms with E-state index in [2.05, 4.69) is 5.32 Å². The number of hydrogen-bond donors (Lipinski definition) is 2. The van der Waals surface area contributed by atoms with Gasteiger partial charge in [-0.05, 0) is 32.3 Å². The predicted molar refractivity (Wildman–Crippen MR) is 75.4 cm³/mol. The molecule has 0 heterocycles. The largest absolute Gasteiger partial charge is 0.493 e. The van der Waals surface area contributed by atoms with Crippen molar-refractivity contribution < 1.29 is 19.6 Å². The summed E-state index contributed by atoms with van der Waals surface area (Å²) in [5, 5.41) is 23.6. The predicted octanol–water partition coefficient (Wildman–Crippen LogP) is 1.64. The summed E-state index contributed by atoms with van der Waals surface area (Å²) >= 11 is 0. The van der Waals surface area contributed by atoms with Gasteiger partial charge in [0.25, 0.3) is 11.6 Å². The van der Waals surface area contributed by atoms with E-state index < -0.39 is 16.4 Å². The van der Waals surface area contributed by atoms with E-state index in [0.29, 0.717) is 19.4 Å². The van der Waals surface area contributed by atoms with E-state index in [1.54, 1.807) is 6.92 Å². The second-order valence-corrected chi connectivity index (χ2v) is 5.10. The first-order valence-corrected chi connectivity index (χ1v) is 6.87. The molecule has 2 N–H and O–H groups in total. The van der Waals surface area contributed by atoms with Gasteiger partial charge in [-0.15, -0.1) is 0 Å². The standard InChI is InChI=1S/C14H18N2O5/c1-2-21-11-6-3-5-10(16(19)20)12(11)13(17)15-9-14(18)7-4-8-14/h3,5-6,18H,2,4,7-9H2,1H3,(H,15,17). The zero-order valence-corrected chi connectivity index (χ0v) is 11.8. The highest BCUT2D eigenvalue weighted by Crippen LogP contribution is 2.32. The van der Waals surface area contributed by atoms with Gasteiger partial charge >= 0.3 is 0 Å². The summed E-state index contributed by atoms with van der Waals surface area (Å²) in [7, 11) is 0. The number of hydrogen-bond acceptors (Lipinski definition) is 5. The Morgan fingerprint density at radius 3 is 2.76 bits per heavy atom. The lowest BCUT2D eigenvalue weighted by Gasteiger charge is -2.36. The van der Waals surface area contributed by atoms with Crippen LogP contribution in [0.3, 0.4) is 0 Å². The van der Waals surface area contributed by atoms with E-state index in [1.165, 1.54) is 18.2 Å². The summed E-state index contributed by atoms with van der Waals surface area (Å²) in [6, 6.07) is 4.25. The molecular weight excluding hydrogens is 276 g/mol. The molecule has 1 aliphatic carbocycles. The highest BCUT2D eigenvalue weighted by Gasteiger charge is 2.35. The fourth-order valence-corrected chi connectivity index (χ4v) is 2.27. The molecule has 1 amide bonds. The molecule has 0 aromatic heterocycles. The summed E-state index contributed by atoms with van der Waals surface area (Å²) < 4.78 is 5.29. The molecule has 1 fully saturated rings. The molecule has 0 radical (unpaired) electrons. The molecule has 0 aliphatic heterocycles. The SMILES string of the molecule is CCOc1cccc([N+](=O)[O-])c1C(=O)NCC1(O)CCC1. The van der Waals surface area contributed by atoms with Crippen LogP contribution in [-0.2, 0) is 0 Å². The second-order valence-electron chi connectivity index (χ2n) is 5.10. The average molecular weight is 294 g/mol. The van der Waals surface area contributed by atoms with E-state index >= 15 is 0 Å². The van der Waals surface area contributed by atoms with Crippen molar-refractivity contribution in [1.29, 1.82) is 0 Å². The van der Waals surface area contributed by atoms with Crippen molar-refractivity contribution in [2.75, 3.05) is 13.2 Å². The number of nitrogens with one attached hydrogen (secondary N) is 1. The minimum Gasteiger partial charge on any atom is -0.493 e. The van der Waals surface area contributed by atoms with Gasteiger partial charge in [0.2, 0.25) is 0 Å². The Morgan fingerprint density at radius 1 is 1.52 bits per heavy atom. The first-order chi connectivity index (χ1) is 9.97. The van der Waals surface area contributed by atoms with Crippen molar-refractivity contribution in [3.05, 3.63) is 33.9 Å². The van der Waals surface area contributed by atoms with Gasteiger partial charge in [0, 0.05) is 12.6 Å². The van der Waals surface area contributed by atoms with Crippen LogP contribution in [0.4, 0.5) is 5.69 Å². The minimum absolute atomic E-state index is 0.0868. The zero-order valence-electron chi connectivity index (χ0n) is 11.8. The third-order valence-electron chi connectivity index (χ3n) is 3.59. The zero-order chi connectivity index (χ0) is 15.5. The van der Waals surface area contributed by atoms with Crippen LogP contribution in [-0.4, -0.2) is 34.7 Å². The minimum atomic E-state index is -0.884. The Morgan fingerprint density at radius 2 is 2.24 bits per heavy atom. The Balaban J connectivity index is 2.22. The molecule has 0 bridgehead atoms. The number of benzene rings is 1. The van der Waals surface area contributed by atoms with Crippen LogP contribution in [0, 0.1) is 10.1 Å². The molecule has 0 unspecified atom stereocenters. The van der Waals surface area contributed by atoms with Crippen molar-refractivity contribution in [3.8, 4) is 5.75 Å². The fraction of sp³-hybridized carbons (Fsp3) is 0.500. The van der Waals surface area contributed by atoms with E-state index in [9.17, 15) is 20.0 Å². The summed E-state index contributed by atoms with van der Waals surface area (Å²) in [6.45, 7) is 2.12. The number of nitrogens with zero attached hydrogens (tertiary/aromatic N) is 1. The molecule has 0 saturated heterocycles. The smallest absolute Gasteiger partial charge is 0.285 e. The Bertz CT molecular complexity index is 554. The number of nitro benzene ring substituents is 1. The average Bonchev–Trinajstić information content (AvgIpc) is 2.42. The fourth-order valence-electron chi connectivity index (χ4n) is 2.27. The van der Waals surface area contributed by atoms with Gasteiger partial charge in [0.15, 0.2) is 5.56 Å². The summed E-state index contributed by atoms with van der Waals surface area (Å²) in [5.41, 5.74) is -1.29. The maximum absolute atomic E-state index is 12.2. The van der Waals surface area contributed by atoms with Gasteiger partial charge in [-0.3, -0.25) is 14.9 Å². The Hall–Kier alpha value is -2.15. The number of aliphatic hydroxyl groups is 1. The van der Waals surface area contributed by atoms with Crippen molar-refractivity contribution in [2.24, 2.45) is 0 Å². The van der Waals surface area contributed by atoms with E-state index in [4.69, 9.17) is 4.74 Å². The molecule has 1 aromatic carbocycles. The van der Waals surface area contributed by atoms with Crippen molar-refractivity contribution in [2.45, 2.75) is 31.8 Å². The first kappa shape index (κ1) is 15.2. The maximum Gasteiger partial charge on any atom is 0.285 e. The van der Waals surface area contributed by atoms with Gasteiger partial charge in [-0.2, -0.15) is 0 Å². The quantitative estimate of drug-likeness (QED) is 0.613. The van der Waals surface area contributed by atoms with Crippen LogP contribution in [0.1, 0.15) is 36.5 Å². The van der Waals surface area contributed by atoms with Crippen LogP contribution in [0.5, 0.6) is 5.75 Å². The van der Waals surface area contributed by atoms with Crippen LogP contribution in [0.15, 0.2) is 18.2 Å². The molecule has 114 valence electrons. The van der Waals surface area contributed by atoms with E-state index in [0.717, 1.165) is 6.42 Å². The number of ether oxygens (including phenoxy) is 1. The van der Waals surface area contributed by atoms with Crippen LogP contribution < -0.4 is 10.1 Å². The molecule has 7 heteroatoms. The second kappa shape index (κ2) is 6.09. The lowest BCUT2D eigenvalue weighted by molar-refractivity contribution is -0.385. The summed E-state index contributed by atoms with van der Waals surface area (Å²) in [4.78, 5) is 22.7. The number of amides is 1. The van der Waals surface area contributed by atoms with Crippen LogP contribution >= 0.6 is 0 Å². The van der Waals surface area contributed by atoms with Crippen molar-refractivity contribution >= 4 is 11.6 Å². The Labute approximate surface area is 122 Å². The van der Waals surface area contributed by atoms with Crippen molar-refractivity contribution in [3.63, 3.8) is 0 Å². The Kier molecular flexibility index (Phi) is 4.42. The molecule has 2 rings (SSSR count). The molecule has 1 saturated carbocycles. The molecule has 7 nitrogen and oxygen atoms in total. The highest BCUT2D eigenvalue weighted by molar-refractivity contribution is 6.01.